The quantitative estimate of drug-likeness (QED) is 0.652. The van der Waals surface area contributed by atoms with Crippen LogP contribution in [0.3, 0.4) is 0 Å². The average Bonchev–Trinajstić information content (AvgIpc) is 3.11. The number of hydrogen-bond donors (Lipinski definition) is 1. The Morgan fingerprint density at radius 2 is 2.00 bits per heavy atom. The number of aromatic nitrogens is 3. The minimum absolute atomic E-state index is 0.00134. The lowest BCUT2D eigenvalue weighted by atomic mass is 10.1. The molecule has 1 amide bonds. The topological polar surface area (TPSA) is 59.8 Å². The second-order valence-corrected chi connectivity index (χ2v) is 6.95. The molecule has 3 aromatic rings. The van der Waals surface area contributed by atoms with Crippen LogP contribution >= 0.6 is 11.8 Å². The van der Waals surface area contributed by atoms with Gasteiger partial charge in [0.1, 0.15) is 0 Å². The van der Waals surface area contributed by atoms with Crippen molar-refractivity contribution in [1.29, 1.82) is 0 Å². The molecule has 2 aromatic heterocycles. The fraction of sp³-hybridized carbons (Fsp3) is 0.250. The van der Waals surface area contributed by atoms with Gasteiger partial charge in [-0.1, -0.05) is 30.0 Å². The van der Waals surface area contributed by atoms with Gasteiger partial charge in [-0.2, -0.15) is 0 Å². The Morgan fingerprint density at radius 3 is 2.81 bits per heavy atom. The van der Waals surface area contributed by atoms with Crippen molar-refractivity contribution in [2.24, 2.45) is 0 Å². The van der Waals surface area contributed by atoms with Crippen LogP contribution in [0.2, 0.25) is 0 Å². The van der Waals surface area contributed by atoms with Crippen molar-refractivity contribution in [1.82, 2.24) is 19.9 Å². The Morgan fingerprint density at radius 1 is 1.12 bits per heavy atom. The molecule has 0 saturated heterocycles. The van der Waals surface area contributed by atoms with E-state index in [1.54, 1.807) is 12.4 Å². The fourth-order valence-corrected chi connectivity index (χ4v) is 3.43. The second kappa shape index (κ2) is 8.67. The van der Waals surface area contributed by atoms with Gasteiger partial charge in [-0.3, -0.25) is 14.3 Å². The van der Waals surface area contributed by atoms with Crippen LogP contribution in [0.1, 0.15) is 16.8 Å². The van der Waals surface area contributed by atoms with E-state index >= 15 is 0 Å². The lowest BCUT2D eigenvalue weighted by Crippen LogP contribution is -2.27. The molecule has 6 heteroatoms. The fourth-order valence-electron chi connectivity index (χ4n) is 2.63. The van der Waals surface area contributed by atoms with Crippen molar-refractivity contribution in [2.75, 3.05) is 12.3 Å². The first-order valence-electron chi connectivity index (χ1n) is 8.54. The number of carbonyl (C=O) groups is 1. The molecule has 0 aliphatic carbocycles. The zero-order chi connectivity index (χ0) is 18.4. The third-order valence-electron chi connectivity index (χ3n) is 4.20. The Balaban J connectivity index is 1.55. The van der Waals surface area contributed by atoms with E-state index in [0.29, 0.717) is 12.3 Å². The first-order valence-corrected chi connectivity index (χ1v) is 9.53. The van der Waals surface area contributed by atoms with Crippen LogP contribution in [0, 0.1) is 13.8 Å². The maximum atomic E-state index is 12.1. The lowest BCUT2D eigenvalue weighted by Gasteiger charge is -2.12. The van der Waals surface area contributed by atoms with E-state index in [-0.39, 0.29) is 5.91 Å². The lowest BCUT2D eigenvalue weighted by molar-refractivity contribution is -0.118. The number of rotatable bonds is 7. The SMILES string of the molecule is Cc1cccc(-n2ccnc2SCC(=O)NCCc2ccccn2)c1C. The minimum Gasteiger partial charge on any atom is -0.355 e. The summed E-state index contributed by atoms with van der Waals surface area (Å²) in [5.41, 5.74) is 4.53. The van der Waals surface area contributed by atoms with Crippen LogP contribution in [0.4, 0.5) is 0 Å². The van der Waals surface area contributed by atoms with Crippen molar-refractivity contribution < 1.29 is 4.79 Å². The van der Waals surface area contributed by atoms with Crippen molar-refractivity contribution >= 4 is 17.7 Å². The Kier molecular flexibility index (Phi) is 6.07. The number of benzene rings is 1. The smallest absolute Gasteiger partial charge is 0.230 e. The summed E-state index contributed by atoms with van der Waals surface area (Å²) < 4.78 is 2.04. The number of pyridine rings is 1. The maximum absolute atomic E-state index is 12.1. The number of nitrogens with zero attached hydrogens (tertiary/aromatic N) is 3. The van der Waals surface area contributed by atoms with E-state index in [9.17, 15) is 4.79 Å². The first-order chi connectivity index (χ1) is 12.6. The molecule has 0 spiro atoms. The average molecular weight is 366 g/mol. The van der Waals surface area contributed by atoms with Crippen LogP contribution in [-0.2, 0) is 11.2 Å². The van der Waals surface area contributed by atoms with Gasteiger partial charge in [0, 0.05) is 37.3 Å². The van der Waals surface area contributed by atoms with Gasteiger partial charge in [0.25, 0.3) is 0 Å². The summed E-state index contributed by atoms with van der Waals surface area (Å²) in [6.07, 6.45) is 6.20. The highest BCUT2D eigenvalue weighted by atomic mass is 32.2. The van der Waals surface area contributed by atoms with Crippen molar-refractivity contribution in [2.45, 2.75) is 25.4 Å². The highest BCUT2D eigenvalue weighted by molar-refractivity contribution is 7.99. The molecule has 26 heavy (non-hydrogen) atoms. The van der Waals surface area contributed by atoms with E-state index in [2.05, 4.69) is 41.3 Å². The highest BCUT2D eigenvalue weighted by Gasteiger charge is 2.11. The molecule has 134 valence electrons. The summed E-state index contributed by atoms with van der Waals surface area (Å²) in [7, 11) is 0. The molecule has 0 aliphatic rings. The summed E-state index contributed by atoms with van der Waals surface area (Å²) in [6, 6.07) is 12.0. The molecular formula is C20H22N4OS. The van der Waals surface area contributed by atoms with Crippen LogP contribution in [-0.4, -0.2) is 32.7 Å². The van der Waals surface area contributed by atoms with Gasteiger partial charge >= 0.3 is 0 Å². The van der Waals surface area contributed by atoms with Crippen molar-refractivity contribution in [3.8, 4) is 5.69 Å². The molecule has 0 saturated carbocycles. The summed E-state index contributed by atoms with van der Waals surface area (Å²) in [5.74, 6) is 0.339. The monoisotopic (exact) mass is 366 g/mol. The van der Waals surface area contributed by atoms with Gasteiger partial charge < -0.3 is 5.32 Å². The number of hydrogen-bond acceptors (Lipinski definition) is 4. The van der Waals surface area contributed by atoms with Gasteiger partial charge in [-0.15, -0.1) is 0 Å². The van der Waals surface area contributed by atoms with Gasteiger partial charge in [0.15, 0.2) is 5.16 Å². The first kappa shape index (κ1) is 18.2. The molecule has 0 bridgehead atoms. The van der Waals surface area contributed by atoms with E-state index in [1.165, 1.54) is 22.9 Å². The molecule has 5 nitrogen and oxygen atoms in total. The van der Waals surface area contributed by atoms with Crippen LogP contribution in [0.5, 0.6) is 0 Å². The molecule has 3 rings (SSSR count). The Bertz CT molecular complexity index is 877. The standard InChI is InChI=1S/C20H22N4OS/c1-15-6-5-8-18(16(15)2)24-13-12-23-20(24)26-14-19(25)22-11-9-17-7-3-4-10-21-17/h3-8,10,12-13H,9,11,14H2,1-2H3,(H,22,25). The third-order valence-corrected chi connectivity index (χ3v) is 5.17. The van der Waals surface area contributed by atoms with Crippen LogP contribution in [0.15, 0.2) is 60.1 Å². The summed E-state index contributed by atoms with van der Waals surface area (Å²) in [5, 5.41) is 3.75. The zero-order valence-electron chi connectivity index (χ0n) is 15.0. The molecule has 0 radical (unpaired) electrons. The number of carbonyl (C=O) groups excluding carboxylic acids is 1. The van der Waals surface area contributed by atoms with Crippen LogP contribution < -0.4 is 5.32 Å². The molecule has 2 heterocycles. The number of thioether (sulfide) groups is 1. The van der Waals surface area contributed by atoms with E-state index < -0.39 is 0 Å². The molecule has 0 atom stereocenters. The normalized spacial score (nSPS) is 10.7. The van der Waals surface area contributed by atoms with E-state index in [4.69, 9.17) is 0 Å². The minimum atomic E-state index is 0.00134. The van der Waals surface area contributed by atoms with Gasteiger partial charge in [-0.25, -0.2) is 4.98 Å². The molecule has 0 aliphatic heterocycles. The maximum Gasteiger partial charge on any atom is 0.230 e. The molecule has 0 unspecified atom stereocenters. The predicted octanol–water partition coefficient (Wildman–Crippen LogP) is 3.34. The number of aryl methyl sites for hydroxylation is 1. The summed E-state index contributed by atoms with van der Waals surface area (Å²) in [4.78, 5) is 20.8. The van der Waals surface area contributed by atoms with Gasteiger partial charge in [0.2, 0.25) is 5.91 Å². The third kappa shape index (κ3) is 4.52. The Labute approximate surface area is 157 Å². The molecule has 1 N–H and O–H groups in total. The van der Waals surface area contributed by atoms with Crippen molar-refractivity contribution in [3.63, 3.8) is 0 Å². The summed E-state index contributed by atoms with van der Waals surface area (Å²) in [6.45, 7) is 4.78. The number of amides is 1. The predicted molar refractivity (Wildman–Crippen MR) is 105 cm³/mol. The Hall–Kier alpha value is -2.60. The van der Waals surface area contributed by atoms with E-state index in [1.807, 2.05) is 35.0 Å². The summed E-state index contributed by atoms with van der Waals surface area (Å²) >= 11 is 1.44. The zero-order valence-corrected chi connectivity index (χ0v) is 15.8. The number of imidazole rings is 1. The van der Waals surface area contributed by atoms with E-state index in [0.717, 1.165) is 23.0 Å². The van der Waals surface area contributed by atoms with Gasteiger partial charge in [-0.05, 0) is 43.2 Å². The molecule has 0 fully saturated rings. The highest BCUT2D eigenvalue weighted by Crippen LogP contribution is 2.24. The largest absolute Gasteiger partial charge is 0.355 e. The van der Waals surface area contributed by atoms with Crippen molar-refractivity contribution in [3.05, 3.63) is 71.8 Å². The molecule has 1 aromatic carbocycles. The van der Waals surface area contributed by atoms with Crippen LogP contribution in [0.25, 0.3) is 5.69 Å². The number of nitrogens with one attached hydrogen (secondary N) is 1. The second-order valence-electron chi connectivity index (χ2n) is 6.01. The molecular weight excluding hydrogens is 344 g/mol. The van der Waals surface area contributed by atoms with Gasteiger partial charge in [0.05, 0.1) is 11.4 Å².